The summed E-state index contributed by atoms with van der Waals surface area (Å²) in [5.41, 5.74) is 0. The maximum Gasteiger partial charge on any atom is 0.107 e. The fourth-order valence-corrected chi connectivity index (χ4v) is 2.00. The first kappa shape index (κ1) is 12.9. The Morgan fingerprint density at radius 2 is 1.67 bits per heavy atom. The first-order valence-corrected chi connectivity index (χ1v) is 5.26. The third-order valence-electron chi connectivity index (χ3n) is 2.97. The summed E-state index contributed by atoms with van der Waals surface area (Å²) < 4.78 is 5.39. The number of hydrogen-bond acceptors (Lipinski definition) is 5. The van der Waals surface area contributed by atoms with Crippen LogP contribution >= 0.6 is 0 Å². The van der Waals surface area contributed by atoms with E-state index in [0.29, 0.717) is 0 Å². The molecule has 0 radical (unpaired) electrons. The molecule has 1 aliphatic rings. The maximum atomic E-state index is 9.86. The Hall–Kier alpha value is -0.200. The van der Waals surface area contributed by atoms with E-state index in [2.05, 4.69) is 0 Å². The summed E-state index contributed by atoms with van der Waals surface area (Å²) in [7, 11) is 0. The average molecular weight is 220 g/mol. The lowest BCUT2D eigenvalue weighted by Crippen LogP contribution is -2.57. The van der Waals surface area contributed by atoms with Gasteiger partial charge in [0, 0.05) is 5.92 Å². The molecule has 4 N–H and O–H groups in total. The molecule has 15 heavy (non-hydrogen) atoms. The summed E-state index contributed by atoms with van der Waals surface area (Å²) in [5, 5.41) is 37.6. The standard InChI is InChI=1S/C10H20O5/c1-5(2)10-9(14)6(3-11)8(13)7(4-12)15-10/h5-14H,3-4H2,1-2H3. The lowest BCUT2D eigenvalue weighted by Gasteiger charge is -2.43. The van der Waals surface area contributed by atoms with E-state index in [4.69, 9.17) is 14.9 Å². The molecule has 0 aromatic carbocycles. The van der Waals surface area contributed by atoms with Crippen molar-refractivity contribution in [2.45, 2.75) is 38.3 Å². The SMILES string of the molecule is CC(C)C1OC(CO)C(O)C(CO)C1O. The summed E-state index contributed by atoms with van der Waals surface area (Å²) in [5.74, 6) is -0.584. The zero-order chi connectivity index (χ0) is 11.6. The molecular weight excluding hydrogens is 200 g/mol. The Balaban J connectivity index is 2.79. The first-order chi connectivity index (χ1) is 7.02. The summed E-state index contributed by atoms with van der Waals surface area (Å²) >= 11 is 0. The van der Waals surface area contributed by atoms with E-state index in [1.165, 1.54) is 0 Å². The Kier molecular flexibility index (Phi) is 4.48. The van der Waals surface area contributed by atoms with E-state index in [-0.39, 0.29) is 19.1 Å². The minimum Gasteiger partial charge on any atom is -0.396 e. The van der Waals surface area contributed by atoms with Crippen LogP contribution in [0.25, 0.3) is 0 Å². The second-order valence-corrected chi connectivity index (χ2v) is 4.39. The van der Waals surface area contributed by atoms with Crippen LogP contribution in [0.2, 0.25) is 0 Å². The van der Waals surface area contributed by atoms with E-state index in [9.17, 15) is 10.2 Å². The Morgan fingerprint density at radius 1 is 1.07 bits per heavy atom. The van der Waals surface area contributed by atoms with Gasteiger partial charge in [0.15, 0.2) is 0 Å². The highest BCUT2D eigenvalue weighted by Gasteiger charge is 2.44. The van der Waals surface area contributed by atoms with Crippen molar-refractivity contribution < 1.29 is 25.2 Å². The summed E-state index contributed by atoms with van der Waals surface area (Å²) in [6, 6.07) is 0. The van der Waals surface area contributed by atoms with Gasteiger partial charge in [-0.05, 0) is 5.92 Å². The van der Waals surface area contributed by atoms with Crippen molar-refractivity contribution in [3.05, 3.63) is 0 Å². The third-order valence-corrected chi connectivity index (χ3v) is 2.97. The highest BCUT2D eigenvalue weighted by molar-refractivity contribution is 4.92. The molecule has 0 bridgehead atoms. The molecule has 5 atom stereocenters. The van der Waals surface area contributed by atoms with Gasteiger partial charge in [-0.25, -0.2) is 0 Å². The quantitative estimate of drug-likeness (QED) is 0.476. The van der Waals surface area contributed by atoms with Gasteiger partial charge in [-0.3, -0.25) is 0 Å². The lowest BCUT2D eigenvalue weighted by molar-refractivity contribution is -0.225. The molecule has 1 heterocycles. The number of rotatable bonds is 3. The molecule has 1 saturated heterocycles. The topological polar surface area (TPSA) is 90.2 Å². The monoisotopic (exact) mass is 220 g/mol. The zero-order valence-electron chi connectivity index (χ0n) is 9.08. The van der Waals surface area contributed by atoms with Crippen LogP contribution < -0.4 is 0 Å². The van der Waals surface area contributed by atoms with Crippen molar-refractivity contribution in [2.24, 2.45) is 11.8 Å². The van der Waals surface area contributed by atoms with Gasteiger partial charge >= 0.3 is 0 Å². The van der Waals surface area contributed by atoms with Crippen LogP contribution in [0.1, 0.15) is 13.8 Å². The smallest absolute Gasteiger partial charge is 0.107 e. The molecule has 0 saturated carbocycles. The number of hydrogen-bond donors (Lipinski definition) is 4. The maximum absolute atomic E-state index is 9.86. The van der Waals surface area contributed by atoms with Crippen LogP contribution in [0.3, 0.4) is 0 Å². The van der Waals surface area contributed by atoms with E-state index in [0.717, 1.165) is 0 Å². The zero-order valence-corrected chi connectivity index (χ0v) is 9.08. The molecule has 5 nitrogen and oxygen atoms in total. The molecule has 5 unspecified atom stereocenters. The van der Waals surface area contributed by atoms with Gasteiger partial charge in [-0.15, -0.1) is 0 Å². The van der Waals surface area contributed by atoms with Gasteiger partial charge in [-0.1, -0.05) is 13.8 Å². The Bertz CT molecular complexity index is 194. The molecule has 90 valence electrons. The van der Waals surface area contributed by atoms with Gasteiger partial charge in [0.2, 0.25) is 0 Å². The molecule has 0 aromatic heterocycles. The second-order valence-electron chi connectivity index (χ2n) is 4.39. The fraction of sp³-hybridized carbons (Fsp3) is 1.00. The normalized spacial score (nSPS) is 42.2. The minimum absolute atomic E-state index is 0.0654. The minimum atomic E-state index is -1.02. The van der Waals surface area contributed by atoms with Crippen molar-refractivity contribution in [3.63, 3.8) is 0 Å². The molecule has 1 rings (SSSR count). The second kappa shape index (κ2) is 5.23. The summed E-state index contributed by atoms with van der Waals surface area (Å²) in [4.78, 5) is 0. The Morgan fingerprint density at radius 3 is 2.07 bits per heavy atom. The van der Waals surface area contributed by atoms with Crippen LogP contribution in [0.5, 0.6) is 0 Å². The largest absolute Gasteiger partial charge is 0.396 e. The van der Waals surface area contributed by atoms with Crippen LogP contribution in [0.4, 0.5) is 0 Å². The molecule has 0 amide bonds. The van der Waals surface area contributed by atoms with Gasteiger partial charge in [0.25, 0.3) is 0 Å². The van der Waals surface area contributed by atoms with Gasteiger partial charge in [0.05, 0.1) is 31.5 Å². The van der Waals surface area contributed by atoms with Crippen molar-refractivity contribution in [1.29, 1.82) is 0 Å². The van der Waals surface area contributed by atoms with E-state index >= 15 is 0 Å². The molecule has 1 aliphatic heterocycles. The molecule has 0 spiro atoms. The van der Waals surface area contributed by atoms with Crippen molar-refractivity contribution in [1.82, 2.24) is 0 Å². The number of ether oxygens (including phenoxy) is 1. The van der Waals surface area contributed by atoms with Crippen molar-refractivity contribution in [2.75, 3.05) is 13.2 Å². The predicted molar refractivity (Wildman–Crippen MR) is 53.2 cm³/mol. The summed E-state index contributed by atoms with van der Waals surface area (Å²) in [6.07, 6.45) is -3.10. The third kappa shape index (κ3) is 2.49. The first-order valence-electron chi connectivity index (χ1n) is 5.26. The number of aliphatic hydroxyl groups is 4. The fourth-order valence-electron chi connectivity index (χ4n) is 2.00. The molecule has 1 fully saturated rings. The molecule has 0 aliphatic carbocycles. The van der Waals surface area contributed by atoms with Crippen molar-refractivity contribution >= 4 is 0 Å². The van der Waals surface area contributed by atoms with E-state index in [1.807, 2.05) is 13.8 Å². The molecular formula is C10H20O5. The Labute approximate surface area is 89.3 Å². The van der Waals surface area contributed by atoms with Crippen LogP contribution in [-0.2, 0) is 4.74 Å². The van der Waals surface area contributed by atoms with Gasteiger partial charge in [0.1, 0.15) is 6.10 Å². The highest BCUT2D eigenvalue weighted by Crippen LogP contribution is 2.29. The van der Waals surface area contributed by atoms with Crippen LogP contribution in [-0.4, -0.2) is 58.1 Å². The van der Waals surface area contributed by atoms with Gasteiger partial charge < -0.3 is 25.2 Å². The van der Waals surface area contributed by atoms with Crippen LogP contribution in [0, 0.1) is 11.8 Å². The van der Waals surface area contributed by atoms with E-state index in [1.54, 1.807) is 0 Å². The highest BCUT2D eigenvalue weighted by atomic mass is 16.5. The van der Waals surface area contributed by atoms with Crippen LogP contribution in [0.15, 0.2) is 0 Å². The van der Waals surface area contributed by atoms with Gasteiger partial charge in [-0.2, -0.15) is 0 Å². The summed E-state index contributed by atoms with van der Waals surface area (Å²) in [6.45, 7) is 3.14. The van der Waals surface area contributed by atoms with E-state index < -0.39 is 30.3 Å². The predicted octanol–water partition coefficient (Wildman–Crippen LogP) is -1.27. The molecule has 5 heteroatoms. The van der Waals surface area contributed by atoms with Crippen molar-refractivity contribution in [3.8, 4) is 0 Å². The average Bonchev–Trinajstić information content (AvgIpc) is 2.18. The molecule has 0 aromatic rings. The lowest BCUT2D eigenvalue weighted by atomic mass is 9.83. The number of aliphatic hydroxyl groups excluding tert-OH is 4.